The third-order valence-corrected chi connectivity index (χ3v) is 13.5. The van der Waals surface area contributed by atoms with Crippen molar-refractivity contribution in [2.75, 3.05) is 0 Å². The topological polar surface area (TPSA) is 69.9 Å². The van der Waals surface area contributed by atoms with Crippen LogP contribution in [0.2, 0.25) is 0 Å². The summed E-state index contributed by atoms with van der Waals surface area (Å²) in [7, 11) is 0. The second kappa shape index (κ2) is 15.6. The summed E-state index contributed by atoms with van der Waals surface area (Å²) >= 11 is 0. The SMILES string of the molecule is c1ccc(-c2ccc(-c3nc(-c4ccccc4)nc(-c4cccc5oc6ccc(-c7c(-n8c9ccccc9c9cc(-c%10ccccc%10)ccc98)ccc8oc9ccccc9c78)cc6c45)n3)cc2)cc1. The normalized spacial score (nSPS) is 11.8. The molecule has 0 radical (unpaired) electrons. The number of furan rings is 2. The van der Waals surface area contributed by atoms with Crippen molar-refractivity contribution in [2.24, 2.45) is 0 Å². The number of nitrogens with zero attached hydrogens (tertiary/aromatic N) is 4. The van der Waals surface area contributed by atoms with Gasteiger partial charge in [0.2, 0.25) is 0 Å². The molecule has 6 nitrogen and oxygen atoms in total. The molecule has 4 heterocycles. The zero-order chi connectivity index (χ0) is 45.4. The summed E-state index contributed by atoms with van der Waals surface area (Å²) in [4.78, 5) is 15.5. The zero-order valence-corrected chi connectivity index (χ0v) is 37.0. The molecule has 6 heteroatoms. The number of benzene rings is 10. The maximum atomic E-state index is 6.70. The minimum atomic E-state index is 0.563. The molecule has 0 bridgehead atoms. The Balaban J connectivity index is 0.998. The van der Waals surface area contributed by atoms with Gasteiger partial charge in [0.15, 0.2) is 17.5 Å². The first-order valence-corrected chi connectivity index (χ1v) is 23.2. The van der Waals surface area contributed by atoms with E-state index in [-0.39, 0.29) is 0 Å². The van der Waals surface area contributed by atoms with Gasteiger partial charge in [-0.1, -0.05) is 176 Å². The number of para-hydroxylation sites is 2. The maximum absolute atomic E-state index is 6.70. The Bertz CT molecular complexity index is 4290. The number of hydrogen-bond donors (Lipinski definition) is 0. The molecule has 0 unspecified atom stereocenters. The third kappa shape index (κ3) is 6.38. The minimum absolute atomic E-state index is 0.563. The van der Waals surface area contributed by atoms with Crippen LogP contribution in [0.25, 0.3) is 139 Å². The molecule has 0 N–H and O–H groups in total. The second-order valence-electron chi connectivity index (χ2n) is 17.5. The number of rotatable bonds is 7. The summed E-state index contributed by atoms with van der Waals surface area (Å²) in [5.74, 6) is 1.75. The first-order valence-electron chi connectivity index (χ1n) is 23.2. The zero-order valence-electron chi connectivity index (χ0n) is 37.0. The Labute approximate surface area is 396 Å². The van der Waals surface area contributed by atoms with Gasteiger partial charge in [-0.15, -0.1) is 0 Å². The molecule has 0 aliphatic heterocycles. The largest absolute Gasteiger partial charge is 0.456 e. The highest BCUT2D eigenvalue weighted by molar-refractivity contribution is 6.19. The maximum Gasteiger partial charge on any atom is 0.164 e. The molecule has 0 atom stereocenters. The second-order valence-corrected chi connectivity index (χ2v) is 17.5. The molecule has 14 rings (SSSR count). The van der Waals surface area contributed by atoms with E-state index in [9.17, 15) is 0 Å². The van der Waals surface area contributed by atoms with E-state index in [1.165, 1.54) is 21.9 Å². The molecule has 0 amide bonds. The van der Waals surface area contributed by atoms with Crippen molar-refractivity contribution in [2.45, 2.75) is 0 Å². The van der Waals surface area contributed by atoms with Crippen LogP contribution >= 0.6 is 0 Å². The monoisotopic (exact) mass is 882 g/mol. The molecule has 0 aliphatic rings. The van der Waals surface area contributed by atoms with E-state index >= 15 is 0 Å². The Morgan fingerprint density at radius 3 is 1.54 bits per heavy atom. The van der Waals surface area contributed by atoms with Gasteiger partial charge in [-0.3, -0.25) is 0 Å². The summed E-state index contributed by atoms with van der Waals surface area (Å²) in [5, 5.41) is 6.37. The average Bonchev–Trinajstić information content (AvgIpc) is 4.10. The standard InChI is InChI=1S/C63H38N4O2/c1-4-15-39(16-5-1)41-27-29-43(30-28-41)62-64-61(42-19-8-3-9-20-42)65-63(66-62)48-23-14-26-56-59(48)50-38-45(32-35-55(50)69-56)58-53(34-36-57-60(58)47-22-11-13-25-54(47)68-57)67-51-24-12-10-21-46(51)49-37-44(31-33-52(49)67)40-17-6-2-7-18-40/h1-38H. The van der Waals surface area contributed by atoms with Crippen molar-refractivity contribution < 1.29 is 8.83 Å². The first-order chi connectivity index (χ1) is 34.2. The fourth-order valence-electron chi connectivity index (χ4n) is 10.3. The summed E-state index contributed by atoms with van der Waals surface area (Å²) in [6.07, 6.45) is 0. The van der Waals surface area contributed by atoms with Crippen LogP contribution in [0.3, 0.4) is 0 Å². The van der Waals surface area contributed by atoms with E-state index in [2.05, 4.69) is 174 Å². The lowest BCUT2D eigenvalue weighted by atomic mass is 9.95. The molecular weight excluding hydrogens is 845 g/mol. The van der Waals surface area contributed by atoms with E-state index < -0.39 is 0 Å². The smallest absolute Gasteiger partial charge is 0.164 e. The Hall–Kier alpha value is -9.39. The molecule has 0 aliphatic carbocycles. The van der Waals surface area contributed by atoms with Crippen LogP contribution < -0.4 is 0 Å². The van der Waals surface area contributed by atoms with Gasteiger partial charge in [-0.2, -0.15) is 0 Å². The Morgan fingerprint density at radius 1 is 0.290 bits per heavy atom. The number of fused-ring (bicyclic) bond motifs is 9. The predicted octanol–water partition coefficient (Wildman–Crippen LogP) is 16.8. The molecule has 322 valence electrons. The highest BCUT2D eigenvalue weighted by Gasteiger charge is 2.24. The summed E-state index contributed by atoms with van der Waals surface area (Å²) in [6, 6.07) is 80.4. The van der Waals surface area contributed by atoms with Crippen molar-refractivity contribution in [3.63, 3.8) is 0 Å². The molecular formula is C63H38N4O2. The van der Waals surface area contributed by atoms with Crippen molar-refractivity contribution in [3.8, 4) is 73.2 Å². The van der Waals surface area contributed by atoms with Crippen LogP contribution in [0.4, 0.5) is 0 Å². The van der Waals surface area contributed by atoms with E-state index in [0.717, 1.165) is 99.5 Å². The van der Waals surface area contributed by atoms with Crippen LogP contribution in [0, 0.1) is 0 Å². The van der Waals surface area contributed by atoms with Crippen molar-refractivity contribution in [1.82, 2.24) is 19.5 Å². The van der Waals surface area contributed by atoms with E-state index in [0.29, 0.717) is 17.5 Å². The summed E-state index contributed by atoms with van der Waals surface area (Å²) in [5.41, 5.74) is 15.9. The highest BCUT2D eigenvalue weighted by Crippen LogP contribution is 2.46. The molecule has 0 fully saturated rings. The van der Waals surface area contributed by atoms with Crippen molar-refractivity contribution in [1.29, 1.82) is 0 Å². The molecule has 0 saturated carbocycles. The number of hydrogen-bond acceptors (Lipinski definition) is 5. The average molecular weight is 883 g/mol. The van der Waals surface area contributed by atoms with Gasteiger partial charge in [-0.25, -0.2) is 15.0 Å². The van der Waals surface area contributed by atoms with Crippen LogP contribution in [-0.2, 0) is 0 Å². The number of aromatic nitrogens is 4. The quantitative estimate of drug-likeness (QED) is 0.159. The summed E-state index contributed by atoms with van der Waals surface area (Å²) < 4.78 is 15.7. The Morgan fingerprint density at radius 2 is 0.783 bits per heavy atom. The van der Waals surface area contributed by atoms with Crippen LogP contribution in [-0.4, -0.2) is 19.5 Å². The Kier molecular flexibility index (Phi) is 8.79. The predicted molar refractivity (Wildman–Crippen MR) is 281 cm³/mol. The van der Waals surface area contributed by atoms with E-state index in [1.807, 2.05) is 60.7 Å². The van der Waals surface area contributed by atoms with Gasteiger partial charge < -0.3 is 13.4 Å². The van der Waals surface area contributed by atoms with Crippen LogP contribution in [0.15, 0.2) is 239 Å². The molecule has 10 aromatic carbocycles. The van der Waals surface area contributed by atoms with Gasteiger partial charge in [0.25, 0.3) is 0 Å². The third-order valence-electron chi connectivity index (χ3n) is 13.5. The lowest BCUT2D eigenvalue weighted by Gasteiger charge is -2.16. The summed E-state index contributed by atoms with van der Waals surface area (Å²) in [6.45, 7) is 0. The molecule has 4 aromatic heterocycles. The molecule has 0 spiro atoms. The van der Waals surface area contributed by atoms with Crippen molar-refractivity contribution >= 4 is 65.7 Å². The van der Waals surface area contributed by atoms with Gasteiger partial charge in [-0.05, 0) is 82.4 Å². The van der Waals surface area contributed by atoms with Crippen molar-refractivity contribution in [3.05, 3.63) is 231 Å². The van der Waals surface area contributed by atoms with E-state index in [4.69, 9.17) is 23.8 Å². The van der Waals surface area contributed by atoms with Gasteiger partial charge >= 0.3 is 0 Å². The van der Waals surface area contributed by atoms with E-state index in [1.54, 1.807) is 0 Å². The highest BCUT2D eigenvalue weighted by atomic mass is 16.3. The first kappa shape index (κ1) is 38.8. The van der Waals surface area contributed by atoms with Gasteiger partial charge in [0.1, 0.15) is 22.3 Å². The lowest BCUT2D eigenvalue weighted by Crippen LogP contribution is -2.00. The lowest BCUT2D eigenvalue weighted by molar-refractivity contribution is 0.669. The van der Waals surface area contributed by atoms with Crippen LogP contribution in [0.5, 0.6) is 0 Å². The van der Waals surface area contributed by atoms with Gasteiger partial charge in [0, 0.05) is 54.6 Å². The molecule has 0 saturated heterocycles. The van der Waals surface area contributed by atoms with Gasteiger partial charge in [0.05, 0.1) is 16.7 Å². The fourth-order valence-corrected chi connectivity index (χ4v) is 10.3. The molecule has 69 heavy (non-hydrogen) atoms. The minimum Gasteiger partial charge on any atom is -0.456 e. The fraction of sp³-hybridized carbons (Fsp3) is 0. The van der Waals surface area contributed by atoms with Crippen LogP contribution in [0.1, 0.15) is 0 Å². The molecule has 14 aromatic rings.